The monoisotopic (exact) mass is 546 g/mol. The number of hydrogen-bond acceptors (Lipinski definition) is 9. The summed E-state index contributed by atoms with van der Waals surface area (Å²) in [5, 5.41) is 2.38. The summed E-state index contributed by atoms with van der Waals surface area (Å²) >= 11 is 10.8. The molecule has 162 valence electrons. The van der Waals surface area contributed by atoms with Crippen LogP contribution in [0, 0.1) is 0 Å². The van der Waals surface area contributed by atoms with Crippen molar-refractivity contribution in [3.63, 3.8) is 0 Å². The Morgan fingerprint density at radius 3 is 2.03 bits per heavy atom. The minimum Gasteiger partial charge on any atom is -0.744 e. The average molecular weight is 547 g/mol. The maximum atomic E-state index is 12.9. The third-order valence-electron chi connectivity index (χ3n) is 4.03. The van der Waals surface area contributed by atoms with Gasteiger partial charge in [-0.05, 0) is 60.3 Å². The molecule has 3 rings (SSSR count). The summed E-state index contributed by atoms with van der Waals surface area (Å²) in [6.45, 7) is 0. The third kappa shape index (κ3) is 6.93. The fourth-order valence-electron chi connectivity index (χ4n) is 2.64. The summed E-state index contributed by atoms with van der Waals surface area (Å²) in [6, 6.07) is 7.77. The van der Waals surface area contributed by atoms with Gasteiger partial charge >= 0.3 is 59.1 Å². The molecule has 0 aliphatic carbocycles. The quantitative estimate of drug-likeness (QED) is 0.130. The first-order chi connectivity index (χ1) is 14.3. The van der Waals surface area contributed by atoms with E-state index >= 15 is 0 Å². The van der Waals surface area contributed by atoms with Crippen LogP contribution in [0.3, 0.4) is 0 Å². The number of carbonyl (C=O) groups is 2. The second-order valence-electron chi connectivity index (χ2n) is 6.04. The van der Waals surface area contributed by atoms with Crippen molar-refractivity contribution in [3.05, 3.63) is 58.6 Å². The Morgan fingerprint density at radius 2 is 1.52 bits per heavy atom. The summed E-state index contributed by atoms with van der Waals surface area (Å²) in [4.78, 5) is 24.1. The molecule has 2 amide bonds. The Morgan fingerprint density at radius 1 is 0.939 bits per heavy atom. The Bertz CT molecular complexity index is 1380. The molecule has 10 nitrogen and oxygen atoms in total. The van der Waals surface area contributed by atoms with Crippen LogP contribution in [0.15, 0.2) is 57.8 Å². The Kier molecular flexibility index (Phi) is 10.5. The fraction of sp³-hybridized carbons (Fsp3) is 0. The van der Waals surface area contributed by atoms with Gasteiger partial charge in [0.2, 0.25) is 0 Å². The van der Waals surface area contributed by atoms with E-state index in [0.717, 1.165) is 23.1 Å². The maximum absolute atomic E-state index is 12.9. The van der Waals surface area contributed by atoms with Gasteiger partial charge in [0.15, 0.2) is 5.11 Å². The molecule has 1 fully saturated rings. The first kappa shape index (κ1) is 30.4. The van der Waals surface area contributed by atoms with Crippen LogP contribution in [-0.4, -0.2) is 42.9 Å². The van der Waals surface area contributed by atoms with Gasteiger partial charge in [0, 0.05) is 5.02 Å². The predicted molar refractivity (Wildman–Crippen MR) is 110 cm³/mol. The van der Waals surface area contributed by atoms with Crippen LogP contribution in [-0.2, 0) is 29.8 Å². The van der Waals surface area contributed by atoms with E-state index in [4.69, 9.17) is 23.8 Å². The minimum absolute atomic E-state index is 0. The van der Waals surface area contributed by atoms with E-state index in [1.54, 1.807) is 0 Å². The van der Waals surface area contributed by atoms with Crippen LogP contribution >= 0.6 is 23.8 Å². The van der Waals surface area contributed by atoms with Crippen molar-refractivity contribution in [1.29, 1.82) is 0 Å². The van der Waals surface area contributed by atoms with Gasteiger partial charge in [-0.3, -0.25) is 19.8 Å². The van der Waals surface area contributed by atoms with Gasteiger partial charge in [0.25, 0.3) is 11.8 Å². The molecule has 1 aliphatic heterocycles. The van der Waals surface area contributed by atoms with Crippen LogP contribution in [0.1, 0.15) is 5.56 Å². The van der Waals surface area contributed by atoms with E-state index in [9.17, 15) is 35.5 Å². The van der Waals surface area contributed by atoms with Crippen LogP contribution in [0.5, 0.6) is 0 Å². The molecule has 1 aliphatic rings. The molecule has 1 N–H and O–H groups in total. The number of rotatable bonds is 4. The molecular weight excluding hydrogens is 538 g/mol. The summed E-state index contributed by atoms with van der Waals surface area (Å²) in [5.41, 5.74) is -0.814. The summed E-state index contributed by atoms with van der Waals surface area (Å²) in [6.07, 6.45) is 0.786. The van der Waals surface area contributed by atoms with E-state index in [2.05, 4.69) is 5.32 Å². The number of nitrogens with one attached hydrogen (secondary N) is 1. The first-order valence-electron chi connectivity index (χ1n) is 8.02. The number of anilines is 1. The van der Waals surface area contributed by atoms with Crippen molar-refractivity contribution in [2.24, 2.45) is 0 Å². The van der Waals surface area contributed by atoms with Crippen LogP contribution in [0.2, 0.25) is 5.02 Å². The number of nitrogens with zero attached hydrogens (tertiary/aromatic N) is 1. The molecule has 2 aromatic carbocycles. The number of benzene rings is 2. The Labute approximate surface area is 243 Å². The number of halogens is 1. The molecule has 0 spiro atoms. The molecular formula is C17H9ClN2Na2O8S3. The van der Waals surface area contributed by atoms with E-state index in [1.165, 1.54) is 24.3 Å². The summed E-state index contributed by atoms with van der Waals surface area (Å²) in [7, 11) is -10.3. The molecule has 0 radical (unpaired) electrons. The number of carbonyl (C=O) groups excluding carboxylic acids is 2. The molecule has 0 saturated carbocycles. The number of thiocarbonyl (C=S) groups is 1. The zero-order chi connectivity index (χ0) is 23.1. The van der Waals surface area contributed by atoms with E-state index < -0.39 is 53.0 Å². The fourth-order valence-corrected chi connectivity index (χ4v) is 4.31. The zero-order valence-electron chi connectivity index (χ0n) is 16.9. The second-order valence-corrected chi connectivity index (χ2v) is 9.59. The molecule has 0 unspecified atom stereocenters. The van der Waals surface area contributed by atoms with Crippen molar-refractivity contribution >= 4 is 72.7 Å². The van der Waals surface area contributed by atoms with Crippen LogP contribution in [0.4, 0.5) is 5.69 Å². The van der Waals surface area contributed by atoms with Crippen molar-refractivity contribution < 1.29 is 94.6 Å². The van der Waals surface area contributed by atoms with E-state index in [0.29, 0.717) is 11.1 Å². The minimum atomic E-state index is -5.28. The Balaban J connectivity index is 0.00000272. The summed E-state index contributed by atoms with van der Waals surface area (Å²) in [5.74, 6) is -1.92. The maximum Gasteiger partial charge on any atom is 1.00 e. The number of hydrogen-bond donors (Lipinski definition) is 1. The van der Waals surface area contributed by atoms with E-state index in [1.807, 2.05) is 0 Å². The van der Waals surface area contributed by atoms with Gasteiger partial charge in [-0.2, -0.15) is 0 Å². The third-order valence-corrected chi connectivity index (χ3v) is 6.29. The van der Waals surface area contributed by atoms with Gasteiger partial charge in [0.05, 0.1) is 15.5 Å². The normalized spacial score (nSPS) is 15.5. The zero-order valence-corrected chi connectivity index (χ0v) is 24.1. The van der Waals surface area contributed by atoms with Gasteiger partial charge < -0.3 is 9.11 Å². The Hall–Kier alpha value is -0.680. The molecule has 1 heterocycles. The first-order valence-corrected chi connectivity index (χ1v) is 11.6. The summed E-state index contributed by atoms with van der Waals surface area (Å²) < 4.78 is 68.3. The van der Waals surface area contributed by atoms with Crippen molar-refractivity contribution in [3.8, 4) is 0 Å². The molecule has 0 atom stereocenters. The molecule has 2 aromatic rings. The van der Waals surface area contributed by atoms with Crippen molar-refractivity contribution in [2.75, 3.05) is 4.90 Å². The average Bonchev–Trinajstić information content (AvgIpc) is 2.65. The largest absolute Gasteiger partial charge is 1.00 e. The topological polar surface area (TPSA) is 164 Å². The molecule has 16 heteroatoms. The van der Waals surface area contributed by atoms with Crippen molar-refractivity contribution in [1.82, 2.24) is 5.32 Å². The molecule has 33 heavy (non-hydrogen) atoms. The SMILES string of the molecule is O=C1NC(=S)N(c2ccc(Cl)cc2)C(=O)/C1=C/c1ccc(S(=O)(=O)[O-])cc1S(=O)(=O)[O-].[Na+].[Na+]. The van der Waals surface area contributed by atoms with Crippen molar-refractivity contribution in [2.45, 2.75) is 9.79 Å². The second kappa shape index (κ2) is 11.4. The molecule has 0 bridgehead atoms. The van der Waals surface area contributed by atoms with E-state index in [-0.39, 0.29) is 69.9 Å². The van der Waals surface area contributed by atoms with Gasteiger partial charge in [-0.25, -0.2) is 16.8 Å². The van der Waals surface area contributed by atoms with Crippen LogP contribution < -0.4 is 69.3 Å². The standard InChI is InChI=1S/C17H11ClN2O8S3.2Na/c18-10-2-4-11(5-3-10)20-16(22)13(15(21)19-17(20)29)7-9-1-6-12(30(23,24)25)8-14(9)31(26,27)28;;/h1-8H,(H,19,21,29)(H,23,24,25)(H,26,27,28);;/q;2*+1/p-2/b13-7+;;. The smallest absolute Gasteiger partial charge is 0.744 e. The van der Waals surface area contributed by atoms with Gasteiger partial charge in [0.1, 0.15) is 25.8 Å². The van der Waals surface area contributed by atoms with Gasteiger partial charge in [-0.1, -0.05) is 17.7 Å². The predicted octanol–water partition coefficient (Wildman–Crippen LogP) is -5.01. The molecule has 0 aromatic heterocycles. The van der Waals surface area contributed by atoms with Gasteiger partial charge in [-0.15, -0.1) is 0 Å². The number of amides is 2. The van der Waals surface area contributed by atoms with Crippen LogP contribution in [0.25, 0.3) is 6.08 Å². The molecule has 1 saturated heterocycles.